The maximum absolute atomic E-state index is 11.9. The number of rotatable bonds is 4. The van der Waals surface area contributed by atoms with Gasteiger partial charge < -0.3 is 9.79 Å². The van der Waals surface area contributed by atoms with E-state index in [9.17, 15) is 14.4 Å². The van der Waals surface area contributed by atoms with Crippen molar-refractivity contribution in [1.82, 2.24) is 0 Å². The monoisotopic (exact) mass is 268 g/mol. The van der Waals surface area contributed by atoms with Gasteiger partial charge in [0.05, 0.1) is 20.6 Å². The van der Waals surface area contributed by atoms with Gasteiger partial charge in [0.15, 0.2) is 0 Å². The Hall–Kier alpha value is 0.584. The van der Waals surface area contributed by atoms with Crippen LogP contribution in [0.1, 0.15) is 13.3 Å². The summed E-state index contributed by atoms with van der Waals surface area (Å²) in [5.41, 5.74) is 0. The highest BCUT2D eigenvalue weighted by Gasteiger charge is 2.61. The van der Waals surface area contributed by atoms with Crippen LogP contribution in [0.2, 0.25) is 39.3 Å². The molecule has 0 saturated heterocycles. The van der Waals surface area contributed by atoms with Gasteiger partial charge in [-0.25, -0.2) is 0 Å². The minimum atomic E-state index is -4.03. The molecule has 0 saturated carbocycles. The van der Waals surface area contributed by atoms with Crippen LogP contribution < -0.4 is 0 Å². The van der Waals surface area contributed by atoms with Gasteiger partial charge in [-0.15, -0.1) is 0 Å². The Bertz CT molecular complexity index is 258. The third-order valence-corrected chi connectivity index (χ3v) is 20.7. The van der Waals surface area contributed by atoms with Crippen LogP contribution in [0.25, 0.3) is 0 Å². The predicted octanol–water partition coefficient (Wildman–Crippen LogP) is 3.07. The van der Waals surface area contributed by atoms with Gasteiger partial charge in [-0.05, 0) is 6.42 Å². The Labute approximate surface area is 95.5 Å². The lowest BCUT2D eigenvalue weighted by Gasteiger charge is -2.51. The van der Waals surface area contributed by atoms with Gasteiger partial charge in [-0.1, -0.05) is 46.2 Å². The normalized spacial score (nSPS) is 15.5. The van der Waals surface area contributed by atoms with E-state index in [4.69, 9.17) is 0 Å². The maximum Gasteiger partial charge on any atom is 0.326 e. The van der Waals surface area contributed by atoms with Crippen molar-refractivity contribution < 1.29 is 14.4 Å². The SMILES string of the molecule is CCC([Si](C)(C)C)([Si](C)(C)C)P(=O)(O)O. The summed E-state index contributed by atoms with van der Waals surface area (Å²) in [6, 6.07) is 0. The first-order valence-electron chi connectivity index (χ1n) is 5.37. The molecule has 0 atom stereocenters. The first-order chi connectivity index (χ1) is 6.31. The van der Waals surface area contributed by atoms with Crippen LogP contribution in [0.3, 0.4) is 0 Å². The van der Waals surface area contributed by atoms with Crippen LogP contribution in [0.15, 0.2) is 0 Å². The Morgan fingerprint density at radius 3 is 1.27 bits per heavy atom. The van der Waals surface area contributed by atoms with Crippen LogP contribution in [-0.2, 0) is 4.57 Å². The molecule has 0 aliphatic carbocycles. The van der Waals surface area contributed by atoms with Crippen LogP contribution in [0, 0.1) is 0 Å². The fourth-order valence-corrected chi connectivity index (χ4v) is 21.8. The van der Waals surface area contributed by atoms with E-state index in [0.717, 1.165) is 0 Å². The second kappa shape index (κ2) is 4.11. The van der Waals surface area contributed by atoms with Crippen LogP contribution >= 0.6 is 7.60 Å². The van der Waals surface area contributed by atoms with E-state index in [-0.39, 0.29) is 0 Å². The minimum absolute atomic E-state index is 0.600. The molecule has 0 heterocycles. The lowest BCUT2D eigenvalue weighted by Crippen LogP contribution is -2.65. The van der Waals surface area contributed by atoms with E-state index in [1.165, 1.54) is 0 Å². The van der Waals surface area contributed by atoms with Gasteiger partial charge in [-0.3, -0.25) is 4.57 Å². The largest absolute Gasteiger partial charge is 0.326 e. The zero-order valence-electron chi connectivity index (χ0n) is 11.0. The molecular formula is C9H25O3PSi2. The standard InChI is InChI=1S/C9H25O3PSi2/c1-8-9(13(10,11)12,14(2,3)4)15(5,6)7/h8H2,1-7H3,(H2,10,11,12). The third-order valence-electron chi connectivity index (χ3n) is 3.49. The van der Waals surface area contributed by atoms with Crippen molar-refractivity contribution in [2.45, 2.75) is 57.0 Å². The molecule has 2 N–H and O–H groups in total. The van der Waals surface area contributed by atoms with E-state index in [1.54, 1.807) is 0 Å². The van der Waals surface area contributed by atoms with Crippen LogP contribution in [0.5, 0.6) is 0 Å². The fourth-order valence-electron chi connectivity index (χ4n) is 3.27. The van der Waals surface area contributed by atoms with E-state index in [0.29, 0.717) is 6.42 Å². The summed E-state index contributed by atoms with van der Waals surface area (Å²) in [6.45, 7) is 14.4. The van der Waals surface area contributed by atoms with E-state index >= 15 is 0 Å². The summed E-state index contributed by atoms with van der Waals surface area (Å²) in [5, 5.41) is 0. The average molecular weight is 268 g/mol. The molecule has 0 unspecified atom stereocenters. The van der Waals surface area contributed by atoms with E-state index < -0.39 is 28.1 Å². The second-order valence-electron chi connectivity index (χ2n) is 6.26. The summed E-state index contributed by atoms with van der Waals surface area (Å²) < 4.78 is 11.2. The Morgan fingerprint density at radius 1 is 1.00 bits per heavy atom. The second-order valence-corrected chi connectivity index (χ2v) is 20.2. The maximum atomic E-state index is 11.9. The van der Waals surface area contributed by atoms with Gasteiger partial charge in [0.1, 0.15) is 0 Å². The van der Waals surface area contributed by atoms with Crippen LogP contribution in [0.4, 0.5) is 0 Å². The number of hydrogen-bond acceptors (Lipinski definition) is 1. The van der Waals surface area contributed by atoms with E-state index in [2.05, 4.69) is 39.3 Å². The third kappa shape index (κ3) is 2.47. The molecule has 0 amide bonds. The predicted molar refractivity (Wildman–Crippen MR) is 71.8 cm³/mol. The van der Waals surface area contributed by atoms with Crippen molar-refractivity contribution in [3.8, 4) is 0 Å². The summed E-state index contributed by atoms with van der Waals surface area (Å²) in [7, 11) is -7.84. The first-order valence-corrected chi connectivity index (χ1v) is 14.0. The van der Waals surface area contributed by atoms with Gasteiger partial charge in [0.2, 0.25) is 0 Å². The summed E-state index contributed by atoms with van der Waals surface area (Å²) >= 11 is 0. The van der Waals surface area contributed by atoms with Gasteiger partial charge in [-0.2, -0.15) is 0 Å². The zero-order valence-corrected chi connectivity index (χ0v) is 13.9. The highest BCUT2D eigenvalue weighted by Crippen LogP contribution is 2.61. The first kappa shape index (κ1) is 15.6. The van der Waals surface area contributed by atoms with Crippen molar-refractivity contribution in [3.63, 3.8) is 0 Å². The van der Waals surface area contributed by atoms with Gasteiger partial charge >= 0.3 is 7.60 Å². The van der Waals surface area contributed by atoms with E-state index in [1.807, 2.05) is 6.92 Å². The molecule has 6 heteroatoms. The van der Waals surface area contributed by atoms with Crippen molar-refractivity contribution in [1.29, 1.82) is 0 Å². The molecule has 0 aromatic heterocycles. The van der Waals surface area contributed by atoms with Crippen molar-refractivity contribution in [2.24, 2.45) is 0 Å². The topological polar surface area (TPSA) is 57.5 Å². The molecule has 0 fully saturated rings. The number of hydrogen-bond donors (Lipinski definition) is 2. The molecule has 0 spiro atoms. The van der Waals surface area contributed by atoms with Crippen LogP contribution in [-0.4, -0.2) is 30.3 Å². The quantitative estimate of drug-likeness (QED) is 0.608. The molecule has 15 heavy (non-hydrogen) atoms. The van der Waals surface area contributed by atoms with Gasteiger partial charge in [0, 0.05) is 0 Å². The smallest absolute Gasteiger partial charge is 0.324 e. The lowest BCUT2D eigenvalue weighted by atomic mass is 10.5. The molecule has 0 aromatic carbocycles. The summed E-state index contributed by atoms with van der Waals surface area (Å²) in [5.74, 6) is 0. The highest BCUT2D eigenvalue weighted by molar-refractivity contribution is 7.61. The Morgan fingerprint density at radius 2 is 1.27 bits per heavy atom. The summed E-state index contributed by atoms with van der Waals surface area (Å²) in [4.78, 5) is 19.6. The van der Waals surface area contributed by atoms with Crippen molar-refractivity contribution in [2.75, 3.05) is 0 Å². The Kier molecular flexibility index (Phi) is 4.27. The molecule has 3 nitrogen and oxygen atoms in total. The lowest BCUT2D eigenvalue weighted by molar-refractivity contribution is 0.359. The fraction of sp³-hybridized carbons (Fsp3) is 1.00. The zero-order chi connectivity index (χ0) is 12.7. The molecule has 0 aliphatic heterocycles. The highest BCUT2D eigenvalue weighted by atomic mass is 31.2. The molecule has 92 valence electrons. The van der Waals surface area contributed by atoms with Crippen molar-refractivity contribution >= 4 is 23.7 Å². The van der Waals surface area contributed by atoms with Gasteiger partial charge in [0.25, 0.3) is 0 Å². The average Bonchev–Trinajstić information content (AvgIpc) is 1.76. The minimum Gasteiger partial charge on any atom is -0.324 e. The summed E-state index contributed by atoms with van der Waals surface area (Å²) in [6.07, 6.45) is 0.600. The molecule has 0 aromatic rings. The molecule has 0 radical (unpaired) electrons. The molecule has 0 aliphatic rings. The Balaban J connectivity index is 5.90. The molecule has 0 rings (SSSR count). The molecule has 0 bridgehead atoms. The van der Waals surface area contributed by atoms with Crippen molar-refractivity contribution in [3.05, 3.63) is 0 Å². The molecular weight excluding hydrogens is 243 g/mol.